The first-order valence-electron chi connectivity index (χ1n) is 26.6. The minimum Gasteiger partial charge on any atom is -0.481 e. The number of carbonyl (C=O) groups excluding carboxylic acids is 1. The summed E-state index contributed by atoms with van der Waals surface area (Å²) in [6.07, 6.45) is 53.7. The lowest BCUT2D eigenvalue weighted by Crippen LogP contribution is -2.13. The van der Waals surface area contributed by atoms with Gasteiger partial charge in [0, 0.05) is 6.42 Å². The molecule has 1 N–H and O–H groups in total. The van der Waals surface area contributed by atoms with E-state index in [9.17, 15) is 14.7 Å². The molecule has 0 amide bonds. The molecule has 0 fully saturated rings. The molecule has 0 aromatic rings. The summed E-state index contributed by atoms with van der Waals surface area (Å²) in [5, 5.41) is 9.48. The van der Waals surface area contributed by atoms with E-state index < -0.39 is 5.97 Å². The molecule has 0 aliphatic rings. The first-order valence-corrected chi connectivity index (χ1v) is 26.6. The molecule has 0 heterocycles. The quantitative estimate of drug-likeness (QED) is 0.0491. The molecule has 4 nitrogen and oxygen atoms in total. The maximum atomic E-state index is 11.8. The lowest BCUT2D eigenvalue weighted by Gasteiger charge is -2.12. The summed E-state index contributed by atoms with van der Waals surface area (Å²) in [7, 11) is 0. The van der Waals surface area contributed by atoms with Crippen molar-refractivity contribution in [1.82, 2.24) is 0 Å². The van der Waals surface area contributed by atoms with Gasteiger partial charge in [0.05, 0.1) is 12.5 Å². The molecule has 0 saturated carbocycles. The number of ether oxygens (including phenoxy) is 1. The Morgan fingerprint density at radius 1 is 0.362 bits per heavy atom. The molecule has 58 heavy (non-hydrogen) atoms. The fourth-order valence-electron chi connectivity index (χ4n) is 8.18. The second-order valence-electron chi connectivity index (χ2n) is 19.3. The zero-order valence-electron chi connectivity index (χ0n) is 40.8. The minimum atomic E-state index is -0.564. The van der Waals surface area contributed by atoms with Gasteiger partial charge in [-0.3, -0.25) is 9.59 Å². The minimum absolute atomic E-state index is 0.0195. The SMILES string of the molecule is CCCCCCCCCCCCC(CCCCCCCCCCC(C)C)C(=O)O.CCCCCCCCCCCCCC(=O)OCCCCCCCCCCC(C)C. The number of aliphatic carboxylic acids is 1. The van der Waals surface area contributed by atoms with Crippen LogP contribution in [-0.4, -0.2) is 23.7 Å². The van der Waals surface area contributed by atoms with Gasteiger partial charge >= 0.3 is 11.9 Å². The van der Waals surface area contributed by atoms with E-state index in [2.05, 4.69) is 41.5 Å². The molecule has 0 radical (unpaired) electrons. The molecular weight excluding hydrogens is 713 g/mol. The number of rotatable bonds is 46. The molecule has 0 saturated heterocycles. The van der Waals surface area contributed by atoms with Gasteiger partial charge in [0.2, 0.25) is 0 Å². The van der Waals surface area contributed by atoms with Gasteiger partial charge in [-0.1, -0.05) is 279 Å². The lowest BCUT2D eigenvalue weighted by molar-refractivity contribution is -0.144. The zero-order chi connectivity index (χ0) is 43.0. The number of hydrogen-bond donors (Lipinski definition) is 1. The van der Waals surface area contributed by atoms with E-state index in [-0.39, 0.29) is 11.9 Å². The molecule has 0 aliphatic carbocycles. The zero-order valence-corrected chi connectivity index (χ0v) is 40.8. The van der Waals surface area contributed by atoms with E-state index >= 15 is 0 Å². The molecule has 0 rings (SSSR count). The van der Waals surface area contributed by atoms with Crippen LogP contribution in [0, 0.1) is 17.8 Å². The molecule has 0 aromatic carbocycles. The van der Waals surface area contributed by atoms with E-state index in [1.165, 1.54) is 225 Å². The predicted molar refractivity (Wildman–Crippen MR) is 257 cm³/mol. The van der Waals surface area contributed by atoms with Crippen LogP contribution in [0.3, 0.4) is 0 Å². The Labute approximate surface area is 365 Å². The van der Waals surface area contributed by atoms with Crippen LogP contribution in [0.4, 0.5) is 0 Å². The first-order chi connectivity index (χ1) is 28.2. The third-order valence-corrected chi connectivity index (χ3v) is 12.3. The molecular formula is C54H108O4. The largest absolute Gasteiger partial charge is 0.481 e. The highest BCUT2D eigenvalue weighted by Gasteiger charge is 2.16. The van der Waals surface area contributed by atoms with Crippen LogP contribution in [-0.2, 0) is 14.3 Å². The average Bonchev–Trinajstić information content (AvgIpc) is 3.19. The molecule has 0 bridgehead atoms. The predicted octanol–water partition coefficient (Wildman–Crippen LogP) is 19.0. The maximum Gasteiger partial charge on any atom is 0.306 e. The van der Waals surface area contributed by atoms with E-state index in [4.69, 9.17) is 4.74 Å². The maximum absolute atomic E-state index is 11.8. The normalized spacial score (nSPS) is 11.9. The third-order valence-electron chi connectivity index (χ3n) is 12.3. The van der Waals surface area contributed by atoms with Gasteiger partial charge in [0.15, 0.2) is 0 Å². The molecule has 348 valence electrons. The van der Waals surface area contributed by atoms with Crippen molar-refractivity contribution >= 4 is 11.9 Å². The summed E-state index contributed by atoms with van der Waals surface area (Å²) in [4.78, 5) is 23.3. The smallest absolute Gasteiger partial charge is 0.306 e. The average molecular weight is 821 g/mol. The summed E-state index contributed by atoms with van der Waals surface area (Å²) >= 11 is 0. The van der Waals surface area contributed by atoms with Crippen LogP contribution in [0.1, 0.15) is 311 Å². The highest BCUT2D eigenvalue weighted by atomic mass is 16.5. The van der Waals surface area contributed by atoms with Crippen LogP contribution in [0.2, 0.25) is 0 Å². The summed E-state index contributed by atoms with van der Waals surface area (Å²) in [5.74, 6) is 1.06. The monoisotopic (exact) mass is 821 g/mol. The van der Waals surface area contributed by atoms with E-state index in [0.29, 0.717) is 13.0 Å². The Bertz CT molecular complexity index is 790. The van der Waals surface area contributed by atoms with Crippen molar-refractivity contribution < 1.29 is 19.4 Å². The van der Waals surface area contributed by atoms with Gasteiger partial charge in [-0.15, -0.1) is 0 Å². The second kappa shape index (κ2) is 50.3. The number of unbranched alkanes of at least 4 members (excludes halogenated alkanes) is 33. The van der Waals surface area contributed by atoms with Gasteiger partial charge in [-0.2, -0.15) is 0 Å². The van der Waals surface area contributed by atoms with Crippen molar-refractivity contribution in [3.63, 3.8) is 0 Å². The van der Waals surface area contributed by atoms with Crippen molar-refractivity contribution in [2.45, 2.75) is 311 Å². The van der Waals surface area contributed by atoms with Crippen molar-refractivity contribution in [2.75, 3.05) is 6.61 Å². The van der Waals surface area contributed by atoms with Gasteiger partial charge in [-0.25, -0.2) is 0 Å². The Kier molecular flexibility index (Phi) is 51.2. The standard InChI is InChI=1S/2C27H54O2/c1-4-5-6-7-8-9-10-14-17-20-23-26(27(28)29)24-21-18-15-12-11-13-16-19-22-25(2)3;1-4-5-6-7-8-9-10-11-15-18-21-24-27(28)29-25-22-19-16-13-12-14-17-20-23-26(2)3/h25-26H,4-24H2,1-3H3,(H,28,29);26H,4-25H2,1-3H3. The van der Waals surface area contributed by atoms with Gasteiger partial charge < -0.3 is 9.84 Å². The lowest BCUT2D eigenvalue weighted by atomic mass is 9.94. The van der Waals surface area contributed by atoms with Crippen molar-refractivity contribution in [2.24, 2.45) is 17.8 Å². The van der Waals surface area contributed by atoms with Gasteiger partial charge in [0.1, 0.15) is 0 Å². The van der Waals surface area contributed by atoms with Gasteiger partial charge in [-0.05, 0) is 37.5 Å². The van der Waals surface area contributed by atoms with Crippen LogP contribution in [0.5, 0.6) is 0 Å². The van der Waals surface area contributed by atoms with Crippen molar-refractivity contribution in [3.8, 4) is 0 Å². The third kappa shape index (κ3) is 53.0. The topological polar surface area (TPSA) is 63.6 Å². The van der Waals surface area contributed by atoms with Crippen LogP contribution < -0.4 is 0 Å². The van der Waals surface area contributed by atoms with Gasteiger partial charge in [0.25, 0.3) is 0 Å². The Balaban J connectivity index is 0. The van der Waals surface area contributed by atoms with Crippen molar-refractivity contribution in [1.29, 1.82) is 0 Å². The van der Waals surface area contributed by atoms with E-state index in [0.717, 1.165) is 50.4 Å². The number of hydrogen-bond acceptors (Lipinski definition) is 3. The van der Waals surface area contributed by atoms with E-state index in [1.807, 2.05) is 0 Å². The molecule has 4 heteroatoms. The number of carbonyl (C=O) groups is 2. The molecule has 0 aromatic heterocycles. The van der Waals surface area contributed by atoms with Crippen LogP contribution in [0.15, 0.2) is 0 Å². The summed E-state index contributed by atoms with van der Waals surface area (Å²) in [6.45, 7) is 14.4. The first kappa shape index (κ1) is 59.0. The van der Waals surface area contributed by atoms with Crippen LogP contribution >= 0.6 is 0 Å². The highest BCUT2D eigenvalue weighted by molar-refractivity contribution is 5.70. The number of carboxylic acid groups (broad SMARTS) is 1. The Morgan fingerprint density at radius 2 is 0.621 bits per heavy atom. The number of esters is 1. The van der Waals surface area contributed by atoms with Crippen molar-refractivity contribution in [3.05, 3.63) is 0 Å². The Hall–Kier alpha value is -1.06. The van der Waals surface area contributed by atoms with Crippen LogP contribution in [0.25, 0.3) is 0 Å². The molecule has 0 aliphatic heterocycles. The van der Waals surface area contributed by atoms with E-state index in [1.54, 1.807) is 0 Å². The Morgan fingerprint density at radius 3 is 0.914 bits per heavy atom. The molecule has 1 atom stereocenters. The molecule has 0 spiro atoms. The number of carboxylic acids is 1. The summed E-state index contributed by atoms with van der Waals surface area (Å²) < 4.78 is 5.38. The summed E-state index contributed by atoms with van der Waals surface area (Å²) in [5.41, 5.74) is 0. The molecule has 1 unspecified atom stereocenters. The second-order valence-corrected chi connectivity index (χ2v) is 19.3. The highest BCUT2D eigenvalue weighted by Crippen LogP contribution is 2.21. The fourth-order valence-corrected chi connectivity index (χ4v) is 8.18. The fraction of sp³-hybridized carbons (Fsp3) is 0.963. The summed E-state index contributed by atoms with van der Waals surface area (Å²) in [6, 6.07) is 0.